The number of alkyl halides is 1. The van der Waals surface area contributed by atoms with E-state index < -0.39 is 56.0 Å². The maximum atomic E-state index is 15.4. The maximum Gasteiger partial charge on any atom is 0.325 e. The molecule has 6 rings (SSSR count). The van der Waals surface area contributed by atoms with Crippen LogP contribution < -0.4 is 17.0 Å². The van der Waals surface area contributed by atoms with Gasteiger partial charge < -0.3 is 39.6 Å². The molecule has 0 aromatic carbocycles. The van der Waals surface area contributed by atoms with Gasteiger partial charge in [-0.15, -0.1) is 10.2 Å². The Morgan fingerprint density at radius 2 is 2.07 bits per heavy atom. The number of halogens is 1. The van der Waals surface area contributed by atoms with E-state index in [0.29, 0.717) is 0 Å². The highest BCUT2D eigenvalue weighted by molar-refractivity contribution is 8.07. The van der Waals surface area contributed by atoms with Crippen LogP contribution in [0, 0.1) is 0 Å². The molecule has 2 unspecified atom stereocenters. The predicted octanol–water partition coefficient (Wildman–Crippen LogP) is -0.560. The number of hydrogen-bond donors (Lipinski definition) is 4. The molecule has 0 aliphatic carbocycles. The van der Waals surface area contributed by atoms with Gasteiger partial charge in [0.1, 0.15) is 24.7 Å². The van der Waals surface area contributed by atoms with Crippen LogP contribution in [0.5, 0.6) is 0 Å². The van der Waals surface area contributed by atoms with Gasteiger partial charge in [0.25, 0.3) is 5.56 Å². The second-order valence-corrected chi connectivity index (χ2v) is 12.0. The number of ether oxygens (including phenoxy) is 3. The number of nitrogens with one attached hydrogen (secondary N) is 1. The van der Waals surface area contributed by atoms with Gasteiger partial charge in [-0.05, 0) is 18.7 Å². The van der Waals surface area contributed by atoms with Gasteiger partial charge in [0.05, 0.1) is 13.2 Å². The summed E-state index contributed by atoms with van der Waals surface area (Å²) >= 11 is 5.22. The van der Waals surface area contributed by atoms with Crippen molar-refractivity contribution in [2.45, 2.75) is 56.9 Å². The Morgan fingerprint density at radius 3 is 2.90 bits per heavy atom. The summed E-state index contributed by atoms with van der Waals surface area (Å²) < 4.78 is 46.8. The van der Waals surface area contributed by atoms with Crippen LogP contribution in [-0.4, -0.2) is 92.7 Å². The summed E-state index contributed by atoms with van der Waals surface area (Å²) in [4.78, 5) is 37.5. The average Bonchev–Trinajstić information content (AvgIpc) is 3.63. The van der Waals surface area contributed by atoms with Gasteiger partial charge in [-0.25, -0.2) is 14.4 Å². The number of rotatable bonds is 4. The van der Waals surface area contributed by atoms with Gasteiger partial charge in [0.2, 0.25) is 5.95 Å². The summed E-state index contributed by atoms with van der Waals surface area (Å²) in [5.74, 6) is -0.0404. The SMILES string of the molecule is C[C@@H](O[C@@H]1COP(O)(=S)O[C@@H]2CC(OCC[C@H]1F)O[C@H]2n1nnc2c(=O)[nH]c(N)nc21)n1nnc2c(N)ncnc21. The van der Waals surface area contributed by atoms with Crippen LogP contribution in [0.15, 0.2) is 11.1 Å². The molecule has 6 N–H and O–H groups in total. The molecular formula is C19H24FN12O7PS. The lowest BCUT2D eigenvalue weighted by atomic mass is 10.2. The van der Waals surface area contributed by atoms with Gasteiger partial charge in [-0.2, -0.15) is 14.3 Å². The summed E-state index contributed by atoms with van der Waals surface area (Å²) in [6.07, 6.45) is -5.47. The summed E-state index contributed by atoms with van der Waals surface area (Å²) in [6, 6.07) is 0. The highest BCUT2D eigenvalue weighted by Gasteiger charge is 2.44. The fourth-order valence-corrected chi connectivity index (χ4v) is 5.93. The van der Waals surface area contributed by atoms with Crippen LogP contribution in [0.1, 0.15) is 32.2 Å². The Bertz CT molecular complexity index is 1690. The molecule has 7 atom stereocenters. The van der Waals surface area contributed by atoms with Crippen molar-refractivity contribution in [1.82, 2.24) is 49.9 Å². The van der Waals surface area contributed by atoms with Crippen LogP contribution in [-0.2, 0) is 35.1 Å². The van der Waals surface area contributed by atoms with Crippen molar-refractivity contribution in [1.29, 1.82) is 0 Å². The number of nitrogens with zero attached hydrogens (tertiary/aromatic N) is 9. The molecule has 2 aliphatic rings. The molecule has 4 aromatic heterocycles. The average molecular weight is 615 g/mol. The van der Waals surface area contributed by atoms with Crippen molar-refractivity contribution in [3.63, 3.8) is 0 Å². The third kappa shape index (κ3) is 5.49. The second kappa shape index (κ2) is 10.8. The van der Waals surface area contributed by atoms with Crippen molar-refractivity contribution in [2.75, 3.05) is 24.7 Å². The van der Waals surface area contributed by atoms with E-state index in [1.165, 1.54) is 15.7 Å². The molecule has 4 aromatic rings. The van der Waals surface area contributed by atoms with E-state index in [1.54, 1.807) is 6.92 Å². The molecule has 220 valence electrons. The van der Waals surface area contributed by atoms with Crippen LogP contribution in [0.2, 0.25) is 0 Å². The minimum Gasteiger partial charge on any atom is -0.382 e. The number of fused-ring (bicyclic) bond motifs is 4. The molecule has 0 spiro atoms. The van der Waals surface area contributed by atoms with Crippen molar-refractivity contribution in [3.05, 3.63) is 16.7 Å². The number of hydrogen-bond acceptors (Lipinski definition) is 16. The summed E-state index contributed by atoms with van der Waals surface area (Å²) in [5.41, 5.74) is 11.4. The van der Waals surface area contributed by atoms with E-state index in [-0.39, 0.29) is 53.5 Å². The summed E-state index contributed by atoms with van der Waals surface area (Å²) in [6.45, 7) is -2.94. The first kappa shape index (κ1) is 27.8. The molecule has 2 saturated heterocycles. The minimum absolute atomic E-state index is 0.0147. The Balaban J connectivity index is 1.22. The first-order valence-electron chi connectivity index (χ1n) is 12.2. The lowest BCUT2D eigenvalue weighted by Crippen LogP contribution is -2.34. The van der Waals surface area contributed by atoms with Crippen molar-refractivity contribution in [2.24, 2.45) is 0 Å². The zero-order chi connectivity index (χ0) is 28.9. The zero-order valence-electron chi connectivity index (χ0n) is 21.2. The van der Waals surface area contributed by atoms with E-state index in [9.17, 15) is 9.69 Å². The minimum atomic E-state index is -4.01. The number of aromatic nitrogens is 10. The topological polar surface area (TPSA) is 251 Å². The Labute approximate surface area is 233 Å². The smallest absolute Gasteiger partial charge is 0.325 e. The number of anilines is 2. The summed E-state index contributed by atoms with van der Waals surface area (Å²) in [7, 11) is 0. The molecule has 2 fully saturated rings. The van der Waals surface area contributed by atoms with E-state index in [2.05, 4.69) is 40.6 Å². The molecule has 41 heavy (non-hydrogen) atoms. The standard InChI is InChI=1S/C19H24FN12O7PS/c1-7(31-15-12(27-29-31)14(21)23-6-24-15)37-10-5-36-40(34,41)39-9-4-11(35-3-2-8(10)20)38-18(9)32-16-13(28-30-32)17(33)26-19(22)25-16/h6-11,18H,2-5H2,1H3,(H,34,41)(H2,21,23,24)(H3,22,25,26,33)/t7-,8-,9-,10-,11?,18-,40?/m1/s1. The van der Waals surface area contributed by atoms with E-state index in [0.717, 1.165) is 0 Å². The highest BCUT2D eigenvalue weighted by Crippen LogP contribution is 2.50. The predicted molar refractivity (Wildman–Crippen MR) is 139 cm³/mol. The molecule has 0 saturated carbocycles. The van der Waals surface area contributed by atoms with Gasteiger partial charge >= 0.3 is 6.72 Å². The normalized spacial score (nSPS) is 30.3. The first-order chi connectivity index (χ1) is 19.6. The van der Waals surface area contributed by atoms with E-state index >= 15 is 4.39 Å². The number of nitrogen functional groups attached to an aromatic ring is 2. The van der Waals surface area contributed by atoms with Crippen LogP contribution in [0.25, 0.3) is 22.3 Å². The number of nitrogens with two attached hydrogens (primary N) is 2. The van der Waals surface area contributed by atoms with E-state index in [4.69, 9.17) is 46.5 Å². The monoisotopic (exact) mass is 614 g/mol. The quantitative estimate of drug-likeness (QED) is 0.210. The Kier molecular flexibility index (Phi) is 7.36. The lowest BCUT2D eigenvalue weighted by molar-refractivity contribution is -0.160. The lowest BCUT2D eigenvalue weighted by Gasteiger charge is -2.28. The van der Waals surface area contributed by atoms with Crippen molar-refractivity contribution < 1.29 is 32.5 Å². The Hall–Kier alpha value is -3.30. The Morgan fingerprint density at radius 1 is 1.27 bits per heavy atom. The fraction of sp³-hybridized carbons (Fsp3) is 0.579. The van der Waals surface area contributed by atoms with Crippen LogP contribution in [0.4, 0.5) is 16.2 Å². The summed E-state index contributed by atoms with van der Waals surface area (Å²) in [5, 5.41) is 15.7. The third-order valence-corrected chi connectivity index (χ3v) is 7.99. The molecule has 22 heteroatoms. The second-order valence-electron chi connectivity index (χ2n) is 9.17. The highest BCUT2D eigenvalue weighted by atomic mass is 32.5. The molecule has 6 heterocycles. The van der Waals surface area contributed by atoms with Gasteiger partial charge in [-0.3, -0.25) is 9.78 Å². The van der Waals surface area contributed by atoms with Crippen LogP contribution in [0.3, 0.4) is 0 Å². The first-order valence-corrected chi connectivity index (χ1v) is 14.8. The molecule has 2 bridgehead atoms. The van der Waals surface area contributed by atoms with Crippen molar-refractivity contribution in [3.8, 4) is 0 Å². The molecular weight excluding hydrogens is 590 g/mol. The third-order valence-electron chi connectivity index (χ3n) is 6.40. The molecule has 19 nitrogen and oxygen atoms in total. The molecule has 0 amide bonds. The zero-order valence-corrected chi connectivity index (χ0v) is 22.9. The van der Waals surface area contributed by atoms with Gasteiger partial charge in [0, 0.05) is 12.8 Å². The van der Waals surface area contributed by atoms with E-state index in [1.807, 2.05) is 0 Å². The van der Waals surface area contributed by atoms with Gasteiger partial charge in [0.15, 0.2) is 46.9 Å². The van der Waals surface area contributed by atoms with Crippen LogP contribution >= 0.6 is 6.72 Å². The molecule has 2 aliphatic heterocycles. The number of H-pyrrole nitrogens is 1. The molecule has 0 radical (unpaired) electrons. The maximum absolute atomic E-state index is 15.4. The van der Waals surface area contributed by atoms with Gasteiger partial charge in [-0.1, -0.05) is 10.4 Å². The number of aromatic amines is 1. The van der Waals surface area contributed by atoms with Crippen molar-refractivity contribution >= 4 is 52.6 Å². The fourth-order valence-electron chi connectivity index (χ4n) is 4.48. The largest absolute Gasteiger partial charge is 0.382 e.